The van der Waals surface area contributed by atoms with Crippen LogP contribution in [0.2, 0.25) is 0 Å². The summed E-state index contributed by atoms with van der Waals surface area (Å²) in [5.74, 6) is -0.351. The van der Waals surface area contributed by atoms with Crippen LogP contribution in [0.4, 0.5) is 10.1 Å². The zero-order chi connectivity index (χ0) is 12.5. The van der Waals surface area contributed by atoms with Gasteiger partial charge < -0.3 is 5.32 Å². The molecule has 0 amide bonds. The lowest BCUT2D eigenvalue weighted by molar-refractivity contribution is 0.357. The summed E-state index contributed by atoms with van der Waals surface area (Å²) in [6, 6.07) is 5.73. The third-order valence-corrected chi connectivity index (χ3v) is 5.08. The average Bonchev–Trinajstić information content (AvgIpc) is 2.29. The molecule has 1 fully saturated rings. The summed E-state index contributed by atoms with van der Waals surface area (Å²) in [5, 5.41) is 3.14. The summed E-state index contributed by atoms with van der Waals surface area (Å²) in [4.78, 5) is 0. The molecule has 1 aliphatic rings. The molecule has 17 heavy (non-hydrogen) atoms. The van der Waals surface area contributed by atoms with Crippen molar-refractivity contribution in [2.24, 2.45) is 0 Å². The minimum absolute atomic E-state index is 0.0969. The molecule has 94 valence electrons. The van der Waals surface area contributed by atoms with Crippen molar-refractivity contribution in [3.63, 3.8) is 0 Å². The Balaban J connectivity index is 2.50. The Morgan fingerprint density at radius 2 is 1.71 bits per heavy atom. The number of sulfonamides is 1. The van der Waals surface area contributed by atoms with E-state index >= 15 is 0 Å². The molecular weight excluding hydrogens is 243 g/mol. The number of piperazine rings is 1. The first-order chi connectivity index (χ1) is 7.96. The molecule has 0 radical (unpaired) electrons. The van der Waals surface area contributed by atoms with Crippen LogP contribution >= 0.6 is 0 Å². The second-order valence-corrected chi connectivity index (χ2v) is 6.46. The van der Waals surface area contributed by atoms with Crippen molar-refractivity contribution in [3.8, 4) is 0 Å². The minimum atomic E-state index is -3.28. The van der Waals surface area contributed by atoms with E-state index in [1.807, 2.05) is 0 Å². The van der Waals surface area contributed by atoms with Crippen molar-refractivity contribution < 1.29 is 12.8 Å². The highest BCUT2D eigenvalue weighted by molar-refractivity contribution is 7.90. The van der Waals surface area contributed by atoms with Crippen molar-refractivity contribution in [1.29, 1.82) is 0 Å². The highest BCUT2D eigenvalue weighted by atomic mass is 32.2. The largest absolute Gasteiger partial charge is 0.306 e. The zero-order valence-electron chi connectivity index (χ0n) is 9.69. The van der Waals surface area contributed by atoms with Gasteiger partial charge in [0.05, 0.1) is 6.26 Å². The molecule has 1 aliphatic heterocycles. The second kappa shape index (κ2) is 4.36. The van der Waals surface area contributed by atoms with E-state index < -0.39 is 10.0 Å². The molecule has 1 saturated heterocycles. The lowest BCUT2D eigenvalue weighted by atomic mass is 10.2. The van der Waals surface area contributed by atoms with Gasteiger partial charge >= 0.3 is 0 Å². The molecule has 0 saturated carbocycles. The molecule has 1 aromatic rings. The molecule has 6 heteroatoms. The van der Waals surface area contributed by atoms with Crippen LogP contribution in [0.3, 0.4) is 0 Å². The minimum Gasteiger partial charge on any atom is -0.306 e. The van der Waals surface area contributed by atoms with Crippen LogP contribution in [0, 0.1) is 5.82 Å². The van der Waals surface area contributed by atoms with Gasteiger partial charge in [0.1, 0.15) is 24.6 Å². The standard InChI is InChI=1S/C11H16FN2O2S/c1-17(15,16)14(8-6-13-7-9-14)11-4-2-10(12)3-5-11/h2-5,13H,6-9H2,1H3/q+1. The fourth-order valence-corrected chi connectivity index (χ4v) is 3.60. The van der Waals surface area contributed by atoms with Gasteiger partial charge in [0.2, 0.25) is 0 Å². The summed E-state index contributed by atoms with van der Waals surface area (Å²) < 4.78 is 36.9. The Bertz CT molecular complexity index is 493. The maximum Gasteiger partial charge on any atom is 0.299 e. The summed E-state index contributed by atoms with van der Waals surface area (Å²) in [5.41, 5.74) is 0.635. The molecule has 2 rings (SSSR count). The first kappa shape index (κ1) is 12.5. The summed E-state index contributed by atoms with van der Waals surface area (Å²) in [6.45, 7) is 2.24. The monoisotopic (exact) mass is 259 g/mol. The number of nitrogens with one attached hydrogen (secondary N) is 1. The molecule has 0 spiro atoms. The first-order valence-corrected chi connectivity index (χ1v) is 7.35. The van der Waals surface area contributed by atoms with Crippen molar-refractivity contribution in [2.75, 3.05) is 32.4 Å². The Hall–Kier alpha value is -0.980. The maximum atomic E-state index is 12.9. The van der Waals surface area contributed by atoms with Crippen LogP contribution < -0.4 is 9.21 Å². The number of quaternary nitrogens is 1. The second-order valence-electron chi connectivity index (χ2n) is 4.30. The van der Waals surface area contributed by atoms with Gasteiger partial charge in [0.15, 0.2) is 0 Å². The third kappa shape index (κ3) is 2.20. The summed E-state index contributed by atoms with van der Waals surface area (Å²) >= 11 is 0. The molecule has 1 heterocycles. The topological polar surface area (TPSA) is 46.2 Å². The van der Waals surface area contributed by atoms with Crippen molar-refractivity contribution >= 4 is 15.7 Å². The summed E-state index contributed by atoms with van der Waals surface area (Å²) in [6.07, 6.45) is 1.24. The smallest absolute Gasteiger partial charge is 0.299 e. The van der Waals surface area contributed by atoms with Gasteiger partial charge in [0.25, 0.3) is 10.0 Å². The number of rotatable bonds is 2. The van der Waals surface area contributed by atoms with Gasteiger partial charge in [-0.05, 0) is 12.1 Å². The van der Waals surface area contributed by atoms with Crippen LogP contribution in [0.1, 0.15) is 0 Å². The Kier molecular flexibility index (Phi) is 3.20. The van der Waals surface area contributed by atoms with E-state index in [4.69, 9.17) is 0 Å². The highest BCUT2D eigenvalue weighted by Crippen LogP contribution is 2.28. The fourth-order valence-electron chi connectivity index (χ4n) is 2.25. The Morgan fingerprint density at radius 1 is 1.18 bits per heavy atom. The van der Waals surface area contributed by atoms with Gasteiger partial charge in [-0.2, -0.15) is 12.3 Å². The average molecular weight is 259 g/mol. The SMILES string of the molecule is CS(=O)(=O)[N+]1(c2ccc(F)cc2)CCNCC1. The van der Waals surface area contributed by atoms with Crippen molar-refractivity contribution in [3.05, 3.63) is 30.1 Å². The van der Waals surface area contributed by atoms with E-state index in [9.17, 15) is 12.8 Å². The lowest BCUT2D eigenvalue weighted by Crippen LogP contribution is -2.62. The Morgan fingerprint density at radius 3 is 2.18 bits per heavy atom. The molecular formula is C11H16FN2O2S+. The number of hydrogen-bond donors (Lipinski definition) is 1. The zero-order valence-corrected chi connectivity index (χ0v) is 10.5. The highest BCUT2D eigenvalue weighted by Gasteiger charge is 2.41. The van der Waals surface area contributed by atoms with Gasteiger partial charge in [-0.3, -0.25) is 0 Å². The fraction of sp³-hybridized carbons (Fsp3) is 0.455. The van der Waals surface area contributed by atoms with Gasteiger partial charge in [-0.25, -0.2) is 4.39 Å². The lowest BCUT2D eigenvalue weighted by Gasteiger charge is -2.38. The van der Waals surface area contributed by atoms with E-state index in [0.29, 0.717) is 31.9 Å². The molecule has 0 bridgehead atoms. The normalized spacial score (nSPS) is 20.1. The number of hydrogen-bond acceptors (Lipinski definition) is 3. The van der Waals surface area contributed by atoms with Gasteiger partial charge in [-0.15, -0.1) is 0 Å². The van der Waals surface area contributed by atoms with Crippen LogP contribution in [-0.2, 0) is 10.0 Å². The summed E-state index contributed by atoms with van der Waals surface area (Å²) in [7, 11) is -3.28. The third-order valence-electron chi connectivity index (χ3n) is 3.23. The molecule has 4 nitrogen and oxygen atoms in total. The van der Waals surface area contributed by atoms with E-state index in [2.05, 4.69) is 5.32 Å². The van der Waals surface area contributed by atoms with E-state index in [0.717, 1.165) is 0 Å². The number of nitrogens with zero attached hydrogens (tertiary/aromatic N) is 1. The Labute approximate surface area is 101 Å². The van der Waals surface area contributed by atoms with E-state index in [-0.39, 0.29) is 9.71 Å². The van der Waals surface area contributed by atoms with Crippen molar-refractivity contribution in [1.82, 2.24) is 9.21 Å². The molecule has 0 unspecified atom stereocenters. The quantitative estimate of drug-likeness (QED) is 0.795. The van der Waals surface area contributed by atoms with E-state index in [1.165, 1.54) is 18.4 Å². The number of benzene rings is 1. The predicted molar refractivity (Wildman–Crippen MR) is 65.6 cm³/mol. The molecule has 0 aliphatic carbocycles. The number of halogens is 1. The van der Waals surface area contributed by atoms with Gasteiger partial charge in [0, 0.05) is 25.2 Å². The van der Waals surface area contributed by atoms with Gasteiger partial charge in [-0.1, -0.05) is 0 Å². The van der Waals surface area contributed by atoms with Crippen LogP contribution in [0.5, 0.6) is 0 Å². The van der Waals surface area contributed by atoms with Crippen molar-refractivity contribution in [2.45, 2.75) is 0 Å². The van der Waals surface area contributed by atoms with Crippen LogP contribution in [-0.4, -0.2) is 40.9 Å². The molecule has 0 atom stereocenters. The first-order valence-electron chi connectivity index (χ1n) is 5.50. The predicted octanol–water partition coefficient (Wildman–Crippen LogP) is 0.696. The van der Waals surface area contributed by atoms with E-state index in [1.54, 1.807) is 12.1 Å². The molecule has 0 aromatic heterocycles. The molecule has 1 aromatic carbocycles. The van der Waals surface area contributed by atoms with Crippen LogP contribution in [0.15, 0.2) is 24.3 Å². The molecule has 1 N–H and O–H groups in total. The maximum absolute atomic E-state index is 12.9. The van der Waals surface area contributed by atoms with Crippen LogP contribution in [0.25, 0.3) is 0 Å².